The van der Waals surface area contributed by atoms with Crippen molar-refractivity contribution < 1.29 is 0 Å². The maximum atomic E-state index is 5.19. The van der Waals surface area contributed by atoms with E-state index in [-0.39, 0.29) is 0 Å². The lowest BCUT2D eigenvalue weighted by Gasteiger charge is -2.60. The molecular weight excluding hydrogens is 502 g/mol. The van der Waals surface area contributed by atoms with Gasteiger partial charge in [-0.15, -0.1) is 0 Å². The molecule has 0 spiro atoms. The van der Waals surface area contributed by atoms with Crippen LogP contribution in [0.5, 0.6) is 0 Å². The van der Waals surface area contributed by atoms with Crippen LogP contribution in [0.2, 0.25) is 0 Å². The van der Waals surface area contributed by atoms with Crippen molar-refractivity contribution in [2.75, 3.05) is 0 Å². The topological polar surface area (TPSA) is 12.9 Å². The average Bonchev–Trinajstić information content (AvgIpc) is 3.18. The molecule has 2 heteroatoms. The Labute approximate surface area is 228 Å². The van der Waals surface area contributed by atoms with E-state index in [1.54, 1.807) is 5.56 Å². The van der Waals surface area contributed by atoms with Crippen LogP contribution in [0.15, 0.2) is 28.7 Å². The van der Waals surface area contributed by atoms with Gasteiger partial charge >= 0.3 is 0 Å². The third kappa shape index (κ3) is 4.11. The number of hydrogen-bond donors (Lipinski definition) is 0. The summed E-state index contributed by atoms with van der Waals surface area (Å²) in [5.41, 5.74) is 5.18. The first-order valence-corrected chi connectivity index (χ1v) is 16.1. The number of nitrogens with zero attached hydrogens (tertiary/aromatic N) is 1. The summed E-state index contributed by atoms with van der Waals surface area (Å²) in [6, 6.07) is 9.07. The van der Waals surface area contributed by atoms with E-state index in [1.807, 2.05) is 0 Å². The predicted octanol–water partition coefficient (Wildman–Crippen LogP) is 10.0. The second-order valence-corrected chi connectivity index (χ2v) is 15.4. The summed E-state index contributed by atoms with van der Waals surface area (Å²) in [6.45, 7) is 12.8. The minimum atomic E-state index is 0.458. The molecule has 0 saturated heterocycles. The van der Waals surface area contributed by atoms with Gasteiger partial charge in [-0.2, -0.15) is 0 Å². The molecule has 1 aromatic heterocycles. The van der Waals surface area contributed by atoms with E-state index in [0.717, 1.165) is 45.9 Å². The lowest BCUT2D eigenvalue weighted by molar-refractivity contribution is -0.103. The third-order valence-corrected chi connectivity index (χ3v) is 12.7. The third-order valence-electron chi connectivity index (χ3n) is 12.2. The van der Waals surface area contributed by atoms with E-state index in [1.165, 1.54) is 87.2 Å². The molecule has 1 aromatic carbocycles. The van der Waals surface area contributed by atoms with Crippen molar-refractivity contribution in [3.63, 3.8) is 0 Å². The van der Waals surface area contributed by atoms with Crippen LogP contribution in [-0.2, 0) is 12.8 Å². The molecule has 196 valence electrons. The van der Waals surface area contributed by atoms with Crippen LogP contribution < -0.4 is 0 Å². The van der Waals surface area contributed by atoms with Gasteiger partial charge in [-0.3, -0.25) is 4.98 Å². The molecule has 4 aliphatic carbocycles. The van der Waals surface area contributed by atoms with Crippen molar-refractivity contribution >= 4 is 26.8 Å². The molecular formula is C34H48BrN. The fourth-order valence-corrected chi connectivity index (χ4v) is 10.8. The highest BCUT2D eigenvalue weighted by Gasteiger charge is 2.60. The van der Waals surface area contributed by atoms with Gasteiger partial charge in [-0.1, -0.05) is 69.8 Å². The smallest absolute Gasteiger partial charge is 0.0706 e. The van der Waals surface area contributed by atoms with Crippen LogP contribution in [0.3, 0.4) is 0 Å². The summed E-state index contributed by atoms with van der Waals surface area (Å²) in [4.78, 5) is 5.19. The van der Waals surface area contributed by atoms with Gasteiger partial charge in [0.25, 0.3) is 0 Å². The Morgan fingerprint density at radius 3 is 2.56 bits per heavy atom. The molecule has 3 fully saturated rings. The molecule has 0 radical (unpaired) electrons. The van der Waals surface area contributed by atoms with Crippen molar-refractivity contribution in [2.45, 2.75) is 105 Å². The normalized spacial score (nSPS) is 38.4. The van der Waals surface area contributed by atoms with Crippen molar-refractivity contribution in [2.24, 2.45) is 52.3 Å². The van der Waals surface area contributed by atoms with E-state index in [2.05, 4.69) is 74.8 Å². The minimum absolute atomic E-state index is 0.458. The van der Waals surface area contributed by atoms with Gasteiger partial charge in [-0.25, -0.2) is 0 Å². The quantitative estimate of drug-likeness (QED) is 0.361. The van der Waals surface area contributed by atoms with E-state index < -0.39 is 0 Å². The first kappa shape index (κ1) is 25.4. The zero-order chi connectivity index (χ0) is 25.2. The van der Waals surface area contributed by atoms with Crippen LogP contribution >= 0.6 is 15.9 Å². The molecule has 0 amide bonds. The fourth-order valence-electron chi connectivity index (χ4n) is 10.4. The summed E-state index contributed by atoms with van der Waals surface area (Å²) in [5, 5.41) is 1.30. The van der Waals surface area contributed by atoms with Crippen LogP contribution in [0.4, 0.5) is 0 Å². The Bertz CT molecular complexity index is 1120. The number of halogens is 1. The van der Waals surface area contributed by atoms with Crippen molar-refractivity contribution in [1.82, 2.24) is 4.98 Å². The number of fused-ring (bicyclic) bond motifs is 7. The van der Waals surface area contributed by atoms with Gasteiger partial charge in [0, 0.05) is 15.6 Å². The SMILES string of the molecule is CC(C)CCC[C@@H](C)[C@H]1CC[C@H]2[C@@H]3CC[C@H]4Cc5nc6ccc(Br)cc6cc5C[C@]4(C)[C@H]3CC[C@]12C. The van der Waals surface area contributed by atoms with Crippen LogP contribution in [-0.4, -0.2) is 4.98 Å². The van der Waals surface area contributed by atoms with E-state index in [9.17, 15) is 0 Å². The summed E-state index contributed by atoms with van der Waals surface area (Å²) < 4.78 is 1.16. The molecule has 1 nitrogen and oxygen atoms in total. The summed E-state index contributed by atoms with van der Waals surface area (Å²) in [5.74, 6) is 6.38. The molecule has 0 unspecified atom stereocenters. The molecule has 0 aliphatic heterocycles. The minimum Gasteiger partial charge on any atom is -0.253 e. The zero-order valence-electron chi connectivity index (χ0n) is 23.5. The molecule has 4 aliphatic rings. The number of rotatable bonds is 5. The maximum absolute atomic E-state index is 5.19. The van der Waals surface area contributed by atoms with Gasteiger partial charge in [0.2, 0.25) is 0 Å². The second-order valence-electron chi connectivity index (χ2n) is 14.5. The lowest BCUT2D eigenvalue weighted by atomic mass is 9.44. The number of aromatic nitrogens is 1. The van der Waals surface area contributed by atoms with Crippen LogP contribution in [0, 0.1) is 52.3 Å². The predicted molar refractivity (Wildman–Crippen MR) is 156 cm³/mol. The van der Waals surface area contributed by atoms with Gasteiger partial charge in [0.15, 0.2) is 0 Å². The standard InChI is InChI=1S/C34H48BrN/c1-21(2)7-6-8-22(3)28-12-13-29-27-11-9-25-19-32-24(17-23-18-26(35)10-14-31(23)36-32)20-34(25,5)30(27)15-16-33(28,29)4/h10,14,17-18,21-22,25,27-30H,6-9,11-13,15-16,19-20H2,1-5H3/t22-,25+,27+,28-,29+,30+,33-,34+/m1/s1. The largest absolute Gasteiger partial charge is 0.253 e. The Morgan fingerprint density at radius 2 is 1.75 bits per heavy atom. The average molecular weight is 551 g/mol. The first-order chi connectivity index (χ1) is 17.2. The van der Waals surface area contributed by atoms with E-state index in [0.29, 0.717) is 10.8 Å². The highest BCUT2D eigenvalue weighted by molar-refractivity contribution is 9.10. The highest BCUT2D eigenvalue weighted by Crippen LogP contribution is 2.68. The highest BCUT2D eigenvalue weighted by atomic mass is 79.9. The van der Waals surface area contributed by atoms with Gasteiger partial charge in [-0.05, 0) is 133 Å². The molecule has 1 heterocycles. The maximum Gasteiger partial charge on any atom is 0.0706 e. The fraction of sp³-hybridized carbons (Fsp3) is 0.735. The summed E-state index contributed by atoms with van der Waals surface area (Å²) in [7, 11) is 0. The van der Waals surface area contributed by atoms with E-state index >= 15 is 0 Å². The molecule has 0 bridgehead atoms. The van der Waals surface area contributed by atoms with Crippen LogP contribution in [0.1, 0.15) is 104 Å². The Hall–Kier alpha value is -0.890. The Kier molecular flexibility index (Phi) is 6.62. The number of benzene rings is 1. The van der Waals surface area contributed by atoms with Gasteiger partial charge in [0.1, 0.15) is 0 Å². The molecule has 8 atom stereocenters. The summed E-state index contributed by atoms with van der Waals surface area (Å²) in [6.07, 6.45) is 15.6. The Morgan fingerprint density at radius 1 is 0.944 bits per heavy atom. The monoisotopic (exact) mass is 549 g/mol. The molecule has 6 rings (SSSR count). The number of pyridine rings is 1. The molecule has 36 heavy (non-hydrogen) atoms. The Balaban J connectivity index is 1.23. The van der Waals surface area contributed by atoms with Crippen molar-refractivity contribution in [1.29, 1.82) is 0 Å². The van der Waals surface area contributed by atoms with Gasteiger partial charge in [0.05, 0.1) is 5.52 Å². The van der Waals surface area contributed by atoms with Crippen LogP contribution in [0.25, 0.3) is 10.9 Å². The number of hydrogen-bond acceptors (Lipinski definition) is 1. The lowest BCUT2D eigenvalue weighted by Crippen LogP contribution is -2.54. The van der Waals surface area contributed by atoms with Crippen molar-refractivity contribution in [3.05, 3.63) is 40.0 Å². The second kappa shape index (κ2) is 9.39. The molecule has 3 saturated carbocycles. The first-order valence-electron chi connectivity index (χ1n) is 15.3. The van der Waals surface area contributed by atoms with Gasteiger partial charge < -0.3 is 0 Å². The van der Waals surface area contributed by atoms with Crippen molar-refractivity contribution in [3.8, 4) is 0 Å². The molecule has 2 aromatic rings. The molecule has 0 N–H and O–H groups in total. The zero-order valence-corrected chi connectivity index (χ0v) is 25.0. The summed E-state index contributed by atoms with van der Waals surface area (Å²) >= 11 is 3.68. The van der Waals surface area contributed by atoms with E-state index in [4.69, 9.17) is 4.98 Å².